The molecule has 0 radical (unpaired) electrons. The van der Waals surface area contributed by atoms with Gasteiger partial charge < -0.3 is 14.8 Å². The number of methoxy groups -OCH3 is 1. The molecule has 0 aliphatic rings. The molecule has 0 aliphatic carbocycles. The summed E-state index contributed by atoms with van der Waals surface area (Å²) in [5.74, 6) is 1.39. The van der Waals surface area contributed by atoms with E-state index >= 15 is 0 Å². The van der Waals surface area contributed by atoms with Crippen molar-refractivity contribution in [1.29, 1.82) is 5.26 Å². The Morgan fingerprint density at radius 2 is 1.93 bits per heavy atom. The van der Waals surface area contributed by atoms with Crippen molar-refractivity contribution in [2.75, 3.05) is 20.3 Å². The van der Waals surface area contributed by atoms with Crippen LogP contribution in [0.2, 0.25) is 0 Å². The van der Waals surface area contributed by atoms with E-state index in [4.69, 9.17) is 9.47 Å². The van der Waals surface area contributed by atoms with Crippen molar-refractivity contribution in [3.8, 4) is 17.6 Å². The molecule has 2 aromatic rings. The quantitative estimate of drug-likeness (QED) is 0.481. The lowest BCUT2D eigenvalue weighted by Gasteiger charge is -2.12. The summed E-state index contributed by atoms with van der Waals surface area (Å²) < 4.78 is 11.2. The molecule has 0 saturated heterocycles. The Morgan fingerprint density at radius 1 is 1.17 bits per heavy atom. The van der Waals surface area contributed by atoms with Crippen molar-refractivity contribution in [2.45, 2.75) is 26.7 Å². The van der Waals surface area contributed by atoms with Crippen LogP contribution < -0.4 is 14.8 Å². The average molecular weight is 392 g/mol. The van der Waals surface area contributed by atoms with Gasteiger partial charge in [0.1, 0.15) is 11.6 Å². The summed E-state index contributed by atoms with van der Waals surface area (Å²) in [6.45, 7) is 5.36. The highest BCUT2D eigenvalue weighted by atomic mass is 16.5. The van der Waals surface area contributed by atoms with Crippen molar-refractivity contribution in [2.24, 2.45) is 5.92 Å². The van der Waals surface area contributed by atoms with Crippen LogP contribution in [0.25, 0.3) is 6.08 Å². The smallest absolute Gasteiger partial charge is 0.261 e. The highest BCUT2D eigenvalue weighted by Gasteiger charge is 2.11. The zero-order valence-electron chi connectivity index (χ0n) is 17.3. The predicted octanol–water partition coefficient (Wildman–Crippen LogP) is 4.39. The minimum absolute atomic E-state index is 0.0496. The number of rotatable bonds is 10. The monoisotopic (exact) mass is 392 g/mol. The summed E-state index contributed by atoms with van der Waals surface area (Å²) in [5.41, 5.74) is 1.88. The molecule has 1 N–H and O–H groups in total. The lowest BCUT2D eigenvalue weighted by atomic mass is 10.1. The molecule has 5 heteroatoms. The summed E-state index contributed by atoms with van der Waals surface area (Å²) in [7, 11) is 1.57. The Kier molecular flexibility index (Phi) is 8.78. The minimum atomic E-state index is -0.389. The normalized spacial score (nSPS) is 11.1. The zero-order chi connectivity index (χ0) is 21.1. The molecule has 1 amide bonds. The molecule has 152 valence electrons. The van der Waals surface area contributed by atoms with Crippen LogP contribution in [0.1, 0.15) is 31.4 Å². The largest absolute Gasteiger partial charge is 0.493 e. The first-order chi connectivity index (χ1) is 14.0. The van der Waals surface area contributed by atoms with Crippen molar-refractivity contribution in [3.63, 3.8) is 0 Å². The van der Waals surface area contributed by atoms with Crippen molar-refractivity contribution in [3.05, 3.63) is 65.2 Å². The van der Waals surface area contributed by atoms with E-state index < -0.39 is 0 Å². The number of nitriles is 1. The summed E-state index contributed by atoms with van der Waals surface area (Å²) in [6.07, 6.45) is 3.21. The molecule has 0 unspecified atom stereocenters. The number of ether oxygens (including phenoxy) is 2. The van der Waals surface area contributed by atoms with Crippen LogP contribution in [0.3, 0.4) is 0 Å². The second-order valence-electron chi connectivity index (χ2n) is 7.10. The highest BCUT2D eigenvalue weighted by molar-refractivity contribution is 6.01. The number of nitrogens with one attached hydrogen (secondary N) is 1. The standard InChI is InChI=1S/C24H28N2O3/c1-18(2)12-14-29-22-10-9-20(16-23(22)28-3)15-21(17-25)24(27)26-13-11-19-7-5-4-6-8-19/h4-10,15-16,18H,11-14H2,1-3H3,(H,26,27)/b21-15+. The first-order valence-electron chi connectivity index (χ1n) is 9.78. The van der Waals surface area contributed by atoms with Gasteiger partial charge in [-0.1, -0.05) is 50.2 Å². The predicted molar refractivity (Wildman–Crippen MR) is 115 cm³/mol. The van der Waals surface area contributed by atoms with Gasteiger partial charge in [-0.2, -0.15) is 5.26 Å². The van der Waals surface area contributed by atoms with Crippen LogP contribution in [-0.2, 0) is 11.2 Å². The molecule has 0 aliphatic heterocycles. The minimum Gasteiger partial charge on any atom is -0.493 e. The van der Waals surface area contributed by atoms with Gasteiger partial charge in [0.25, 0.3) is 5.91 Å². The number of hydrogen-bond donors (Lipinski definition) is 1. The van der Waals surface area contributed by atoms with Gasteiger partial charge in [-0.25, -0.2) is 0 Å². The van der Waals surface area contributed by atoms with E-state index in [1.165, 1.54) is 0 Å². The van der Waals surface area contributed by atoms with Crippen molar-refractivity contribution < 1.29 is 14.3 Å². The summed E-state index contributed by atoms with van der Waals surface area (Å²) in [6, 6.07) is 17.2. The van der Waals surface area contributed by atoms with E-state index in [9.17, 15) is 10.1 Å². The Labute approximate surface area is 173 Å². The summed E-state index contributed by atoms with van der Waals surface area (Å²) >= 11 is 0. The third kappa shape index (κ3) is 7.34. The molecular weight excluding hydrogens is 364 g/mol. The maximum Gasteiger partial charge on any atom is 0.261 e. The lowest BCUT2D eigenvalue weighted by molar-refractivity contribution is -0.117. The first kappa shape index (κ1) is 22.0. The number of nitrogens with zero attached hydrogens (tertiary/aromatic N) is 1. The van der Waals surface area contributed by atoms with Gasteiger partial charge in [0.15, 0.2) is 11.5 Å². The molecule has 29 heavy (non-hydrogen) atoms. The number of hydrogen-bond acceptors (Lipinski definition) is 4. The molecule has 0 saturated carbocycles. The number of amides is 1. The van der Waals surface area contributed by atoms with Gasteiger partial charge in [0, 0.05) is 6.54 Å². The Bertz CT molecular complexity index is 867. The Balaban J connectivity index is 2.01. The maximum atomic E-state index is 12.3. The Hall–Kier alpha value is -3.26. The van der Waals surface area contributed by atoms with Crippen LogP contribution in [0.15, 0.2) is 54.1 Å². The second-order valence-corrected chi connectivity index (χ2v) is 7.10. The second kappa shape index (κ2) is 11.6. The fraction of sp³-hybridized carbons (Fsp3) is 0.333. The van der Waals surface area contributed by atoms with Crippen LogP contribution in [0.5, 0.6) is 11.5 Å². The van der Waals surface area contributed by atoms with Gasteiger partial charge in [0.05, 0.1) is 13.7 Å². The van der Waals surface area contributed by atoms with E-state index in [0.29, 0.717) is 42.6 Å². The molecule has 0 aromatic heterocycles. The Morgan fingerprint density at radius 3 is 2.59 bits per heavy atom. The number of carbonyl (C=O) groups excluding carboxylic acids is 1. The van der Waals surface area contributed by atoms with E-state index in [-0.39, 0.29) is 11.5 Å². The maximum absolute atomic E-state index is 12.3. The summed E-state index contributed by atoms with van der Waals surface area (Å²) in [5, 5.41) is 12.2. The van der Waals surface area contributed by atoms with Gasteiger partial charge in [0.2, 0.25) is 0 Å². The first-order valence-corrected chi connectivity index (χ1v) is 9.78. The van der Waals surface area contributed by atoms with E-state index in [1.807, 2.05) is 42.5 Å². The molecule has 2 rings (SSSR count). The van der Waals surface area contributed by atoms with Crippen LogP contribution in [-0.4, -0.2) is 26.2 Å². The topological polar surface area (TPSA) is 71.3 Å². The van der Waals surface area contributed by atoms with Crippen LogP contribution in [0.4, 0.5) is 0 Å². The van der Waals surface area contributed by atoms with Crippen LogP contribution in [0, 0.1) is 17.2 Å². The van der Waals surface area contributed by atoms with Crippen molar-refractivity contribution in [1.82, 2.24) is 5.32 Å². The third-order valence-corrected chi connectivity index (χ3v) is 4.36. The molecule has 0 heterocycles. The van der Waals surface area contributed by atoms with Crippen molar-refractivity contribution >= 4 is 12.0 Å². The molecule has 0 fully saturated rings. The molecular formula is C24H28N2O3. The fourth-order valence-corrected chi connectivity index (χ4v) is 2.67. The molecule has 5 nitrogen and oxygen atoms in total. The van der Waals surface area contributed by atoms with Gasteiger partial charge in [-0.15, -0.1) is 0 Å². The number of benzene rings is 2. The van der Waals surface area contributed by atoms with Gasteiger partial charge in [-0.3, -0.25) is 4.79 Å². The third-order valence-electron chi connectivity index (χ3n) is 4.36. The average Bonchev–Trinajstić information content (AvgIpc) is 2.73. The van der Waals surface area contributed by atoms with E-state index in [0.717, 1.165) is 12.0 Å². The summed E-state index contributed by atoms with van der Waals surface area (Å²) in [4.78, 5) is 12.3. The molecule has 0 atom stereocenters. The van der Waals surface area contributed by atoms with Crippen LogP contribution >= 0.6 is 0 Å². The highest BCUT2D eigenvalue weighted by Crippen LogP contribution is 2.29. The molecule has 2 aromatic carbocycles. The van der Waals surface area contributed by atoms with E-state index in [2.05, 4.69) is 19.2 Å². The van der Waals surface area contributed by atoms with E-state index in [1.54, 1.807) is 25.3 Å². The lowest BCUT2D eigenvalue weighted by Crippen LogP contribution is -2.26. The number of carbonyl (C=O) groups is 1. The van der Waals surface area contributed by atoms with Gasteiger partial charge >= 0.3 is 0 Å². The molecule has 0 spiro atoms. The fourth-order valence-electron chi connectivity index (χ4n) is 2.67. The SMILES string of the molecule is COc1cc(/C=C(\C#N)C(=O)NCCc2ccccc2)ccc1OCCC(C)C. The molecule has 0 bridgehead atoms. The van der Waals surface area contributed by atoms with Gasteiger partial charge in [-0.05, 0) is 48.1 Å². The zero-order valence-corrected chi connectivity index (χ0v) is 17.3.